The fraction of sp³-hybridized carbons (Fsp3) is 0.900. The van der Waals surface area contributed by atoms with Gasteiger partial charge in [-0.2, -0.15) is 11.8 Å². The van der Waals surface area contributed by atoms with Crippen LogP contribution in [0.4, 0.5) is 0 Å². The molecule has 0 aliphatic carbocycles. The van der Waals surface area contributed by atoms with Gasteiger partial charge in [0.15, 0.2) is 0 Å². The summed E-state index contributed by atoms with van der Waals surface area (Å²) in [5.41, 5.74) is 5.85. The Hall–Kier alpha value is -0.260. The molecule has 5 heteroatoms. The number of hydrogen-bond donors (Lipinski definition) is 1. The maximum Gasteiger partial charge on any atom is 0.239 e. The van der Waals surface area contributed by atoms with Crippen molar-refractivity contribution in [3.05, 3.63) is 0 Å². The first kappa shape index (κ1) is 12.8. The lowest BCUT2D eigenvalue weighted by Gasteiger charge is -2.33. The molecule has 0 saturated carbocycles. The number of carbonyl (C=O) groups excluding carboxylic acids is 1. The number of hydrogen-bond acceptors (Lipinski definition) is 4. The number of likely N-dealkylation sites (N-methyl/N-ethyl adjacent to an activating group) is 1. The van der Waals surface area contributed by atoms with Gasteiger partial charge in [0.05, 0.1) is 6.04 Å². The maximum absolute atomic E-state index is 11.9. The standard InChI is InChI=1S/C10H21N3OS/c1-12-4-6-13(7-5-12)10(14)9(11)3-8-15-2/h9H,3-8,11H2,1-2H3/t9-/m1/s1. The molecular formula is C10H21N3OS. The molecule has 4 nitrogen and oxygen atoms in total. The molecule has 0 aromatic heterocycles. The van der Waals surface area contributed by atoms with E-state index in [9.17, 15) is 4.79 Å². The molecule has 2 N–H and O–H groups in total. The van der Waals surface area contributed by atoms with Gasteiger partial charge < -0.3 is 15.5 Å². The maximum atomic E-state index is 11.9. The molecule has 88 valence electrons. The van der Waals surface area contributed by atoms with Crippen molar-refractivity contribution < 1.29 is 4.79 Å². The molecule has 1 atom stereocenters. The zero-order valence-corrected chi connectivity index (χ0v) is 10.4. The highest BCUT2D eigenvalue weighted by Gasteiger charge is 2.23. The first-order valence-electron chi connectivity index (χ1n) is 5.37. The molecule has 0 spiro atoms. The first-order chi connectivity index (χ1) is 7.15. The predicted octanol–water partition coefficient (Wildman–Crippen LogP) is -0.159. The van der Waals surface area contributed by atoms with Crippen molar-refractivity contribution in [2.24, 2.45) is 5.73 Å². The van der Waals surface area contributed by atoms with Crippen LogP contribution in [0.2, 0.25) is 0 Å². The average Bonchev–Trinajstić information content (AvgIpc) is 2.26. The Morgan fingerprint density at radius 1 is 1.40 bits per heavy atom. The molecule has 0 radical (unpaired) electrons. The van der Waals surface area contributed by atoms with Gasteiger partial charge in [-0.15, -0.1) is 0 Å². The van der Waals surface area contributed by atoms with E-state index < -0.39 is 0 Å². The minimum atomic E-state index is -0.305. The number of thioether (sulfide) groups is 1. The molecule has 1 rings (SSSR count). The number of nitrogens with two attached hydrogens (primary N) is 1. The van der Waals surface area contributed by atoms with Gasteiger partial charge in [-0.3, -0.25) is 4.79 Å². The summed E-state index contributed by atoms with van der Waals surface area (Å²) in [4.78, 5) is 16.0. The van der Waals surface area contributed by atoms with Crippen LogP contribution in [0.25, 0.3) is 0 Å². The van der Waals surface area contributed by atoms with Crippen LogP contribution in [-0.4, -0.2) is 67.0 Å². The second-order valence-corrected chi connectivity index (χ2v) is 5.00. The number of amides is 1. The van der Waals surface area contributed by atoms with Crippen molar-refractivity contribution in [2.75, 3.05) is 45.2 Å². The molecule has 1 aliphatic rings. The lowest BCUT2D eigenvalue weighted by molar-refractivity contribution is -0.134. The third-order valence-electron chi connectivity index (χ3n) is 2.77. The summed E-state index contributed by atoms with van der Waals surface area (Å²) >= 11 is 1.74. The Bertz CT molecular complexity index is 205. The molecule has 1 heterocycles. The molecule has 1 fully saturated rings. The number of carbonyl (C=O) groups is 1. The van der Waals surface area contributed by atoms with Crippen LogP contribution in [0.15, 0.2) is 0 Å². The van der Waals surface area contributed by atoms with Gasteiger partial charge in [0, 0.05) is 26.2 Å². The van der Waals surface area contributed by atoms with Crippen LogP contribution >= 0.6 is 11.8 Å². The lowest BCUT2D eigenvalue weighted by Crippen LogP contribution is -2.52. The summed E-state index contributed by atoms with van der Waals surface area (Å²) in [5.74, 6) is 1.08. The Kier molecular flexibility index (Phi) is 5.42. The number of rotatable bonds is 4. The summed E-state index contributed by atoms with van der Waals surface area (Å²) < 4.78 is 0. The highest BCUT2D eigenvalue weighted by Crippen LogP contribution is 2.05. The fourth-order valence-electron chi connectivity index (χ4n) is 1.63. The van der Waals surface area contributed by atoms with Gasteiger partial charge in [0.25, 0.3) is 0 Å². The Morgan fingerprint density at radius 3 is 2.53 bits per heavy atom. The van der Waals surface area contributed by atoms with Gasteiger partial charge in [0.1, 0.15) is 0 Å². The Morgan fingerprint density at radius 2 is 2.00 bits per heavy atom. The zero-order chi connectivity index (χ0) is 11.3. The van der Waals surface area contributed by atoms with E-state index in [1.54, 1.807) is 11.8 Å². The van der Waals surface area contributed by atoms with E-state index in [0.29, 0.717) is 0 Å². The van der Waals surface area contributed by atoms with Gasteiger partial charge in [-0.25, -0.2) is 0 Å². The van der Waals surface area contributed by atoms with Gasteiger partial charge in [-0.05, 0) is 25.5 Å². The smallest absolute Gasteiger partial charge is 0.239 e. The zero-order valence-electron chi connectivity index (χ0n) is 9.61. The fourth-order valence-corrected chi connectivity index (χ4v) is 2.12. The SMILES string of the molecule is CSCC[C@@H](N)C(=O)N1CCN(C)CC1. The van der Waals surface area contributed by atoms with Crippen molar-refractivity contribution in [2.45, 2.75) is 12.5 Å². The summed E-state index contributed by atoms with van der Waals surface area (Å²) in [6.45, 7) is 3.56. The Labute approximate surface area is 96.2 Å². The lowest BCUT2D eigenvalue weighted by atomic mass is 10.2. The summed E-state index contributed by atoms with van der Waals surface area (Å²) in [7, 11) is 2.08. The normalized spacial score (nSPS) is 20.3. The first-order valence-corrected chi connectivity index (χ1v) is 6.76. The third-order valence-corrected chi connectivity index (χ3v) is 3.41. The van der Waals surface area contributed by atoms with Crippen LogP contribution < -0.4 is 5.73 Å². The molecular weight excluding hydrogens is 210 g/mol. The van der Waals surface area contributed by atoms with Gasteiger partial charge >= 0.3 is 0 Å². The van der Waals surface area contributed by atoms with Gasteiger partial charge in [0.2, 0.25) is 5.91 Å². The van der Waals surface area contributed by atoms with E-state index >= 15 is 0 Å². The van der Waals surface area contributed by atoms with E-state index in [1.165, 1.54) is 0 Å². The van der Waals surface area contributed by atoms with Crippen molar-refractivity contribution in [1.82, 2.24) is 9.80 Å². The predicted molar refractivity (Wildman–Crippen MR) is 65.1 cm³/mol. The molecule has 0 bridgehead atoms. The van der Waals surface area contributed by atoms with Crippen LogP contribution in [0.1, 0.15) is 6.42 Å². The van der Waals surface area contributed by atoms with E-state index in [4.69, 9.17) is 5.73 Å². The van der Waals surface area contributed by atoms with Crippen molar-refractivity contribution in [1.29, 1.82) is 0 Å². The molecule has 0 aromatic rings. The largest absolute Gasteiger partial charge is 0.339 e. The van der Waals surface area contributed by atoms with Gasteiger partial charge in [-0.1, -0.05) is 0 Å². The highest BCUT2D eigenvalue weighted by molar-refractivity contribution is 7.98. The van der Waals surface area contributed by atoms with E-state index in [1.807, 2.05) is 11.2 Å². The molecule has 0 unspecified atom stereocenters. The van der Waals surface area contributed by atoms with Crippen molar-refractivity contribution in [3.63, 3.8) is 0 Å². The summed E-state index contributed by atoms with van der Waals surface area (Å²) in [5, 5.41) is 0. The number of nitrogens with zero attached hydrogens (tertiary/aromatic N) is 2. The monoisotopic (exact) mass is 231 g/mol. The van der Waals surface area contributed by atoms with E-state index in [0.717, 1.165) is 38.4 Å². The molecule has 0 aromatic carbocycles. The molecule has 1 aliphatic heterocycles. The van der Waals surface area contributed by atoms with Crippen molar-refractivity contribution >= 4 is 17.7 Å². The topological polar surface area (TPSA) is 49.6 Å². The van der Waals surface area contributed by atoms with E-state index in [-0.39, 0.29) is 11.9 Å². The minimum absolute atomic E-state index is 0.122. The van der Waals surface area contributed by atoms with Crippen LogP contribution in [0.5, 0.6) is 0 Å². The quantitative estimate of drug-likeness (QED) is 0.730. The van der Waals surface area contributed by atoms with Crippen molar-refractivity contribution in [3.8, 4) is 0 Å². The second-order valence-electron chi connectivity index (χ2n) is 4.02. The summed E-state index contributed by atoms with van der Waals surface area (Å²) in [6, 6.07) is -0.305. The van der Waals surface area contributed by atoms with Crippen LogP contribution in [0.3, 0.4) is 0 Å². The summed E-state index contributed by atoms with van der Waals surface area (Å²) in [6.07, 6.45) is 2.82. The van der Waals surface area contributed by atoms with Crippen LogP contribution in [-0.2, 0) is 4.79 Å². The molecule has 1 amide bonds. The Balaban J connectivity index is 2.32. The number of piperazine rings is 1. The molecule has 1 saturated heterocycles. The van der Waals surface area contributed by atoms with Crippen LogP contribution in [0, 0.1) is 0 Å². The molecule has 15 heavy (non-hydrogen) atoms. The second kappa shape index (κ2) is 6.35. The third kappa shape index (κ3) is 4.01. The average molecular weight is 231 g/mol. The van der Waals surface area contributed by atoms with E-state index in [2.05, 4.69) is 11.9 Å². The minimum Gasteiger partial charge on any atom is -0.339 e. The highest BCUT2D eigenvalue weighted by atomic mass is 32.2.